The third-order valence-corrected chi connectivity index (χ3v) is 11.4. The van der Waals surface area contributed by atoms with E-state index in [4.69, 9.17) is 27.5 Å². The topological polar surface area (TPSA) is 93.2 Å². The molecular weight excluding hydrogens is 536 g/mol. The van der Waals surface area contributed by atoms with Crippen molar-refractivity contribution >= 4 is 54.7 Å². The van der Waals surface area contributed by atoms with Gasteiger partial charge in [-0.3, -0.25) is 9.59 Å². The van der Waals surface area contributed by atoms with Crippen molar-refractivity contribution in [3.05, 3.63) is 29.3 Å². The minimum atomic E-state index is -3.98. The van der Waals surface area contributed by atoms with Crippen LogP contribution in [0.25, 0.3) is 10.1 Å². The van der Waals surface area contributed by atoms with E-state index in [1.165, 1.54) is 11.4 Å². The van der Waals surface area contributed by atoms with Crippen molar-refractivity contribution < 1.29 is 27.5 Å². The second kappa shape index (κ2) is 9.95. The maximum atomic E-state index is 13.8. The number of hydrogen-bond donors (Lipinski definition) is 0. The Labute approximate surface area is 225 Å². The number of Topliss-reactive ketones (excluding diaryl/α,β-unsaturated/α-hetero) is 1. The van der Waals surface area contributed by atoms with Crippen molar-refractivity contribution in [2.45, 2.75) is 47.5 Å². The van der Waals surface area contributed by atoms with Gasteiger partial charge in [-0.2, -0.15) is 4.31 Å². The first-order valence-corrected chi connectivity index (χ1v) is 14.9. The number of carbonyl (C=O) groups excluding carboxylic acids is 2. The van der Waals surface area contributed by atoms with Gasteiger partial charge in [0, 0.05) is 36.5 Å². The lowest BCUT2D eigenvalue weighted by Crippen LogP contribution is -2.65. The molecule has 8 nitrogen and oxygen atoms in total. The van der Waals surface area contributed by atoms with Crippen molar-refractivity contribution in [1.82, 2.24) is 9.21 Å². The van der Waals surface area contributed by atoms with Crippen LogP contribution in [0.2, 0.25) is 5.02 Å². The molecule has 3 saturated heterocycles. The van der Waals surface area contributed by atoms with Crippen molar-refractivity contribution in [3.8, 4) is 12.3 Å². The summed E-state index contributed by atoms with van der Waals surface area (Å²) in [7, 11) is -2.44. The van der Waals surface area contributed by atoms with E-state index in [1.807, 2.05) is 0 Å². The number of sulfonamides is 1. The molecule has 2 aromatic rings. The Hall–Kier alpha value is -2.00. The van der Waals surface area contributed by atoms with Crippen LogP contribution in [0.1, 0.15) is 32.1 Å². The number of halogens is 1. The monoisotopic (exact) mass is 564 g/mol. The summed E-state index contributed by atoms with van der Waals surface area (Å²) in [5.41, 5.74) is -1.70. The highest BCUT2D eigenvalue weighted by Gasteiger charge is 2.57. The maximum Gasteiger partial charge on any atom is 0.298 e. The molecule has 2 unspecified atom stereocenters. The van der Waals surface area contributed by atoms with Gasteiger partial charge in [0.15, 0.2) is 5.78 Å². The van der Waals surface area contributed by atoms with Gasteiger partial charge in [0.1, 0.15) is 9.81 Å². The Morgan fingerprint density at radius 1 is 1.30 bits per heavy atom. The van der Waals surface area contributed by atoms with Gasteiger partial charge in [-0.15, -0.1) is 17.8 Å². The lowest BCUT2D eigenvalue weighted by Gasteiger charge is -2.50. The van der Waals surface area contributed by atoms with Gasteiger partial charge in [-0.25, -0.2) is 8.42 Å². The van der Waals surface area contributed by atoms with Crippen LogP contribution in [0.4, 0.5) is 0 Å². The molecular formula is C26H29ClN2O6S2. The molecule has 1 aromatic carbocycles. The van der Waals surface area contributed by atoms with Gasteiger partial charge in [0.05, 0.1) is 24.7 Å². The maximum absolute atomic E-state index is 13.8. The highest BCUT2D eigenvalue weighted by molar-refractivity contribution is 7.91. The van der Waals surface area contributed by atoms with E-state index in [2.05, 4.69) is 5.92 Å². The summed E-state index contributed by atoms with van der Waals surface area (Å²) in [6.07, 6.45) is 8.54. The standard InChI is InChI=1S/C26H29ClN2O6S2/c1-3-23(31)28-11-9-25(10-12-28)8-4-5-20-21(30)15-29(16-26(20,35-25)17-34-2)37(32,33)24-13-18-6-7-19(27)14-22(18)36-24/h1,6-7,13-14,20H,4-5,8-12,15-17H2,2H3. The fourth-order valence-electron chi connectivity index (χ4n) is 6.07. The second-order valence-electron chi connectivity index (χ2n) is 10.2. The number of ether oxygens (including phenoxy) is 2. The molecule has 3 aliphatic rings. The van der Waals surface area contributed by atoms with E-state index >= 15 is 0 Å². The van der Waals surface area contributed by atoms with Crippen molar-refractivity contribution in [3.63, 3.8) is 0 Å². The van der Waals surface area contributed by atoms with Crippen molar-refractivity contribution in [2.24, 2.45) is 5.92 Å². The number of likely N-dealkylation sites (tertiary alicyclic amines) is 1. The Balaban J connectivity index is 1.47. The molecule has 0 saturated carbocycles. The zero-order valence-electron chi connectivity index (χ0n) is 20.6. The SMILES string of the molecule is C#CC(=O)N1CCC2(CCCC3C(=O)CN(S(=O)(=O)c4cc5ccc(Cl)cc5s4)CC3(COC)O2)CC1. The third-order valence-electron chi connectivity index (χ3n) is 7.87. The fourth-order valence-corrected chi connectivity index (χ4v) is 9.36. The van der Waals surface area contributed by atoms with Gasteiger partial charge >= 0.3 is 0 Å². The molecule has 1 spiro atoms. The summed E-state index contributed by atoms with van der Waals surface area (Å²) >= 11 is 7.24. The van der Waals surface area contributed by atoms with E-state index < -0.39 is 27.1 Å². The number of rotatable bonds is 4. The van der Waals surface area contributed by atoms with E-state index in [-0.39, 0.29) is 35.6 Å². The van der Waals surface area contributed by atoms with E-state index in [0.717, 1.165) is 34.3 Å². The fraction of sp³-hybridized carbons (Fsp3) is 0.538. The number of carbonyl (C=O) groups is 2. The molecule has 0 N–H and O–H groups in total. The molecule has 2 atom stereocenters. The first-order valence-electron chi connectivity index (χ1n) is 12.3. The summed E-state index contributed by atoms with van der Waals surface area (Å²) in [6.45, 7) is 0.817. The quantitative estimate of drug-likeness (QED) is 0.529. The van der Waals surface area contributed by atoms with Crippen LogP contribution in [-0.2, 0) is 29.1 Å². The number of fused-ring (bicyclic) bond motifs is 2. The largest absolute Gasteiger partial charge is 0.382 e. The van der Waals surface area contributed by atoms with Crippen molar-refractivity contribution in [1.29, 1.82) is 0 Å². The molecule has 3 fully saturated rings. The van der Waals surface area contributed by atoms with Crippen LogP contribution in [0.15, 0.2) is 28.5 Å². The van der Waals surface area contributed by atoms with Crippen LogP contribution in [0.5, 0.6) is 0 Å². The molecule has 0 bridgehead atoms. The number of hydrogen-bond acceptors (Lipinski definition) is 7. The normalized spacial score (nSPS) is 26.6. The molecule has 0 radical (unpaired) electrons. The highest BCUT2D eigenvalue weighted by Crippen LogP contribution is 2.46. The summed E-state index contributed by atoms with van der Waals surface area (Å²) in [6, 6.07) is 6.86. The third kappa shape index (κ3) is 4.82. The second-order valence-corrected chi connectivity index (χ2v) is 13.8. The molecule has 3 aliphatic heterocycles. The summed E-state index contributed by atoms with van der Waals surface area (Å²) in [5, 5.41) is 1.30. The average Bonchev–Trinajstić information content (AvgIpc) is 3.23. The van der Waals surface area contributed by atoms with Gasteiger partial charge in [-0.1, -0.05) is 17.7 Å². The number of thiophene rings is 1. The lowest BCUT2D eigenvalue weighted by atomic mass is 9.79. The minimum Gasteiger partial charge on any atom is -0.382 e. The first-order chi connectivity index (χ1) is 17.6. The smallest absolute Gasteiger partial charge is 0.298 e. The van der Waals surface area contributed by atoms with E-state index in [9.17, 15) is 18.0 Å². The summed E-state index contributed by atoms with van der Waals surface area (Å²) in [5.74, 6) is 1.20. The number of methoxy groups -OCH3 is 1. The van der Waals surface area contributed by atoms with E-state index in [1.54, 1.807) is 29.2 Å². The number of nitrogens with zero attached hydrogens (tertiary/aromatic N) is 2. The molecule has 198 valence electrons. The van der Waals surface area contributed by atoms with Crippen LogP contribution >= 0.6 is 22.9 Å². The average molecular weight is 565 g/mol. The molecule has 5 rings (SSSR count). The first kappa shape index (κ1) is 26.6. The molecule has 1 amide bonds. The Morgan fingerprint density at radius 3 is 2.76 bits per heavy atom. The van der Waals surface area contributed by atoms with Crippen LogP contribution in [0.3, 0.4) is 0 Å². The summed E-state index contributed by atoms with van der Waals surface area (Å²) in [4.78, 5) is 27.1. The molecule has 37 heavy (non-hydrogen) atoms. The predicted octanol–water partition coefficient (Wildman–Crippen LogP) is 3.32. The van der Waals surface area contributed by atoms with Crippen molar-refractivity contribution in [2.75, 3.05) is 39.9 Å². The summed E-state index contributed by atoms with van der Waals surface area (Å²) < 4.78 is 42.2. The van der Waals surface area contributed by atoms with Gasteiger partial charge in [0.2, 0.25) is 0 Å². The molecule has 11 heteroatoms. The predicted molar refractivity (Wildman–Crippen MR) is 141 cm³/mol. The Kier molecular flexibility index (Phi) is 7.15. The zero-order valence-corrected chi connectivity index (χ0v) is 23.0. The van der Waals surface area contributed by atoms with Crippen LogP contribution in [-0.4, -0.2) is 80.4 Å². The van der Waals surface area contributed by atoms with Crippen LogP contribution < -0.4 is 0 Å². The number of benzene rings is 1. The molecule has 1 aromatic heterocycles. The van der Waals surface area contributed by atoms with Gasteiger partial charge in [-0.05, 0) is 61.6 Å². The lowest BCUT2D eigenvalue weighted by molar-refractivity contribution is -0.218. The molecule has 4 heterocycles. The van der Waals surface area contributed by atoms with Gasteiger partial charge in [0.25, 0.3) is 15.9 Å². The zero-order chi connectivity index (χ0) is 26.4. The number of piperidine rings is 2. The minimum absolute atomic E-state index is 0.0172. The van der Waals surface area contributed by atoms with Gasteiger partial charge < -0.3 is 14.4 Å². The highest BCUT2D eigenvalue weighted by atomic mass is 35.5. The number of terminal acetylenes is 1. The van der Waals surface area contributed by atoms with Crippen LogP contribution in [0, 0.1) is 18.3 Å². The number of amides is 1. The Morgan fingerprint density at radius 2 is 2.05 bits per heavy atom. The van der Waals surface area contributed by atoms with E-state index in [0.29, 0.717) is 37.4 Å². The molecule has 0 aliphatic carbocycles. The number of ketones is 1. The Bertz CT molecular complexity index is 1380.